The molecule has 1 aliphatic carbocycles. The van der Waals surface area contributed by atoms with Crippen LogP contribution in [0.4, 0.5) is 13.2 Å². The lowest BCUT2D eigenvalue weighted by Crippen LogP contribution is -2.29. The van der Waals surface area contributed by atoms with E-state index in [0.717, 1.165) is 75.6 Å². The Hall–Kier alpha value is -2.20. The van der Waals surface area contributed by atoms with E-state index in [4.69, 9.17) is 0 Å². The van der Waals surface area contributed by atoms with Gasteiger partial charge in [-0.15, -0.1) is 0 Å². The van der Waals surface area contributed by atoms with Crippen molar-refractivity contribution < 1.29 is 33.0 Å². The lowest BCUT2D eigenvalue weighted by Gasteiger charge is -2.22. The van der Waals surface area contributed by atoms with Crippen molar-refractivity contribution in [3.8, 4) is 11.5 Å². The fraction of sp³-hybridized carbons (Fsp3) is 0.562. The van der Waals surface area contributed by atoms with Gasteiger partial charge in [0.05, 0.1) is 6.42 Å². The molecule has 1 atom stereocenters. The third kappa shape index (κ3) is 11.9. The Balaban J connectivity index is 1.52. The molecule has 1 unspecified atom stereocenters. The summed E-state index contributed by atoms with van der Waals surface area (Å²) in [4.78, 5) is 2.22. The van der Waals surface area contributed by atoms with Crippen molar-refractivity contribution in [2.24, 2.45) is 0 Å². The number of aromatic hydroxyl groups is 2. The summed E-state index contributed by atoms with van der Waals surface area (Å²) in [5.74, 6) is 0.460. The van der Waals surface area contributed by atoms with Gasteiger partial charge in [0.2, 0.25) is 0 Å². The van der Waals surface area contributed by atoms with Gasteiger partial charge in [0.25, 0.3) is 0 Å². The maximum atomic E-state index is 12.4. The van der Waals surface area contributed by atoms with Crippen molar-refractivity contribution in [3.63, 3.8) is 0 Å². The van der Waals surface area contributed by atoms with E-state index in [1.165, 1.54) is 16.7 Å². The molecule has 0 heterocycles. The first-order valence-electron chi connectivity index (χ1n) is 14.7. The summed E-state index contributed by atoms with van der Waals surface area (Å²) in [5.41, 5.74) is 5.93. The molecule has 228 valence electrons. The van der Waals surface area contributed by atoms with Crippen LogP contribution < -0.4 is 0 Å². The van der Waals surface area contributed by atoms with Gasteiger partial charge in [0, 0.05) is 26.1 Å². The summed E-state index contributed by atoms with van der Waals surface area (Å²) < 4.78 is 49.0. The Bertz CT molecular complexity index is 1110. The summed E-state index contributed by atoms with van der Waals surface area (Å²) >= 11 is -1.47. The second-order valence-electron chi connectivity index (χ2n) is 10.9. The summed E-state index contributed by atoms with van der Waals surface area (Å²) in [7, 11) is 0. The van der Waals surface area contributed by atoms with Crippen molar-refractivity contribution in [3.05, 3.63) is 59.2 Å². The van der Waals surface area contributed by atoms with Gasteiger partial charge in [-0.1, -0.05) is 42.2 Å². The van der Waals surface area contributed by atoms with Gasteiger partial charge in [-0.3, -0.25) is 0 Å². The summed E-state index contributed by atoms with van der Waals surface area (Å²) in [6, 6.07) is 13.1. The molecule has 3 rings (SSSR count). The molecule has 41 heavy (non-hydrogen) atoms. The molecule has 0 bridgehead atoms. The molecule has 0 saturated carbocycles. The van der Waals surface area contributed by atoms with E-state index >= 15 is 0 Å². The van der Waals surface area contributed by atoms with Crippen LogP contribution in [-0.4, -0.2) is 68.7 Å². The molecule has 0 aromatic heterocycles. The molecule has 0 radical (unpaired) electrons. The number of aliphatic hydroxyl groups is 1. The molecule has 0 saturated heterocycles. The van der Waals surface area contributed by atoms with Gasteiger partial charge in [0.15, 0.2) is 0 Å². The normalized spacial score (nSPS) is 14.8. The average molecular weight is 596 g/mol. The molecule has 9 heteroatoms. The molecule has 2 aromatic rings. The van der Waals surface area contributed by atoms with E-state index in [9.17, 15) is 33.0 Å². The lowest BCUT2D eigenvalue weighted by molar-refractivity contribution is -0.129. The first kappa shape index (κ1) is 33.3. The molecule has 2 aromatic carbocycles. The quantitative estimate of drug-likeness (QED) is 0.135. The van der Waals surface area contributed by atoms with E-state index in [-0.39, 0.29) is 29.6 Å². The van der Waals surface area contributed by atoms with E-state index in [2.05, 4.69) is 4.90 Å². The first-order chi connectivity index (χ1) is 19.7. The van der Waals surface area contributed by atoms with Gasteiger partial charge < -0.3 is 24.8 Å². The zero-order chi connectivity index (χ0) is 29.7. The van der Waals surface area contributed by atoms with E-state index in [1.807, 2.05) is 30.3 Å². The Morgan fingerprint density at radius 2 is 1.56 bits per heavy atom. The predicted molar refractivity (Wildman–Crippen MR) is 160 cm³/mol. The molecule has 0 fully saturated rings. The minimum atomic E-state index is -4.27. The molecule has 3 N–H and O–H groups in total. The maximum absolute atomic E-state index is 12.4. The van der Waals surface area contributed by atoms with Crippen LogP contribution in [-0.2, 0) is 17.6 Å². The molecular weight excluding hydrogens is 551 g/mol. The molecule has 1 aliphatic rings. The number of phenolic OH excluding ortho intramolecular Hbond substituents is 2. The maximum Gasteiger partial charge on any atom is 0.393 e. The summed E-state index contributed by atoms with van der Waals surface area (Å²) in [6.07, 6.45) is 3.69. The molecule has 0 amide bonds. The van der Waals surface area contributed by atoms with Crippen molar-refractivity contribution in [1.82, 2.24) is 4.90 Å². The van der Waals surface area contributed by atoms with E-state index in [1.54, 1.807) is 12.1 Å². The number of benzene rings is 2. The van der Waals surface area contributed by atoms with Crippen LogP contribution >= 0.6 is 0 Å². The smallest absolute Gasteiger partial charge is 0.393 e. The van der Waals surface area contributed by atoms with Crippen LogP contribution in [0.5, 0.6) is 11.5 Å². The number of fused-ring (bicyclic) bond motifs is 1. The number of halogens is 3. The van der Waals surface area contributed by atoms with Crippen molar-refractivity contribution in [1.29, 1.82) is 0 Å². The Labute approximate surface area is 245 Å². The molecule has 5 nitrogen and oxygen atoms in total. The topological polar surface area (TPSA) is 87.0 Å². The number of aryl methyl sites for hydroxylation is 1. The van der Waals surface area contributed by atoms with Gasteiger partial charge in [-0.25, -0.2) is 0 Å². The number of allylic oxidation sites excluding steroid dienone is 2. The summed E-state index contributed by atoms with van der Waals surface area (Å²) in [5, 5.41) is 29.4. The number of aliphatic hydroxyl groups excluding tert-OH is 1. The largest absolute Gasteiger partial charge is 0.616 e. The van der Waals surface area contributed by atoms with Gasteiger partial charge >= 0.3 is 6.18 Å². The highest BCUT2D eigenvalue weighted by atomic mass is 32.2. The minimum absolute atomic E-state index is 0.0872. The highest BCUT2D eigenvalue weighted by Gasteiger charge is 2.29. The third-order valence-electron chi connectivity index (χ3n) is 7.59. The number of rotatable bonds is 17. The van der Waals surface area contributed by atoms with Gasteiger partial charge in [-0.2, -0.15) is 13.2 Å². The van der Waals surface area contributed by atoms with E-state index in [0.29, 0.717) is 19.4 Å². The highest BCUT2D eigenvalue weighted by Crippen LogP contribution is 2.40. The van der Waals surface area contributed by atoms with Gasteiger partial charge in [-0.05, 0) is 104 Å². The fourth-order valence-electron chi connectivity index (χ4n) is 5.55. The second-order valence-corrected chi connectivity index (χ2v) is 12.5. The monoisotopic (exact) mass is 595 g/mol. The molecule has 0 spiro atoms. The third-order valence-corrected chi connectivity index (χ3v) is 8.99. The fourth-order valence-corrected chi connectivity index (χ4v) is 6.66. The number of phenols is 2. The SMILES string of the molecule is [O-][S+](CCCN(CCCO)CCCCCCC1=C(c2cccc(O)c2)CCCc2cc(O)ccc21)CCC(F)(F)F. The van der Waals surface area contributed by atoms with Crippen molar-refractivity contribution in [2.75, 3.05) is 37.7 Å². The molecule has 0 aliphatic heterocycles. The van der Waals surface area contributed by atoms with Crippen molar-refractivity contribution in [2.45, 2.75) is 76.8 Å². The van der Waals surface area contributed by atoms with Crippen LogP contribution in [0.15, 0.2) is 42.5 Å². The van der Waals surface area contributed by atoms with Crippen LogP contribution in [0, 0.1) is 0 Å². The summed E-state index contributed by atoms with van der Waals surface area (Å²) in [6.45, 7) is 2.31. The lowest BCUT2D eigenvalue weighted by atomic mass is 9.89. The average Bonchev–Trinajstić information content (AvgIpc) is 3.10. The zero-order valence-corrected chi connectivity index (χ0v) is 24.6. The number of unbranched alkanes of at least 4 members (excludes halogenated alkanes) is 3. The van der Waals surface area contributed by atoms with Crippen LogP contribution in [0.3, 0.4) is 0 Å². The predicted octanol–water partition coefficient (Wildman–Crippen LogP) is 7.07. The van der Waals surface area contributed by atoms with Gasteiger partial charge in [0.1, 0.15) is 23.0 Å². The van der Waals surface area contributed by atoms with Crippen LogP contribution in [0.25, 0.3) is 11.1 Å². The number of hydrogen-bond acceptors (Lipinski definition) is 5. The van der Waals surface area contributed by atoms with Crippen LogP contribution in [0.2, 0.25) is 0 Å². The minimum Gasteiger partial charge on any atom is -0.616 e. The number of alkyl halides is 3. The Morgan fingerprint density at radius 3 is 2.32 bits per heavy atom. The van der Waals surface area contributed by atoms with E-state index < -0.39 is 23.8 Å². The zero-order valence-electron chi connectivity index (χ0n) is 23.8. The molecular formula is C32H44F3NO4S. The number of nitrogens with zero attached hydrogens (tertiary/aromatic N) is 1. The highest BCUT2D eigenvalue weighted by molar-refractivity contribution is 7.91. The Kier molecular flexibility index (Phi) is 13.8. The first-order valence-corrected chi connectivity index (χ1v) is 16.2. The number of hydrogen-bond donors (Lipinski definition) is 3. The Morgan fingerprint density at radius 1 is 0.829 bits per heavy atom. The second kappa shape index (κ2) is 17.0. The van der Waals surface area contributed by atoms with Crippen molar-refractivity contribution >= 4 is 22.3 Å². The van der Waals surface area contributed by atoms with Crippen LogP contribution in [0.1, 0.15) is 80.9 Å². The standard InChI is InChI=1S/C32H44F3NO4S/c33-32(34,35)16-22-41(40)21-8-19-36(18-7-20-37)17-4-2-1-3-12-31-29(25-9-5-11-27(38)23-25)13-6-10-26-24-28(39)14-15-30(26)31/h5,9,11,14-15,23-24,37-39H,1-4,6-8,10,12-13,16-22H2.